The van der Waals surface area contributed by atoms with E-state index in [0.717, 1.165) is 31.0 Å². The van der Waals surface area contributed by atoms with Gasteiger partial charge in [-0.05, 0) is 32.5 Å². The van der Waals surface area contributed by atoms with Crippen molar-refractivity contribution in [2.45, 2.75) is 19.9 Å². The summed E-state index contributed by atoms with van der Waals surface area (Å²) in [5, 5.41) is 9.22. The smallest absolute Gasteiger partial charge is 0.146 e. The van der Waals surface area contributed by atoms with Crippen LogP contribution in [0.1, 0.15) is 18.1 Å². The van der Waals surface area contributed by atoms with Crippen LogP contribution in [0.15, 0.2) is 12.3 Å². The molecule has 4 heteroatoms. The number of hydrogen-bond donors (Lipinski definition) is 0. The molecule has 4 nitrogen and oxygen atoms in total. The summed E-state index contributed by atoms with van der Waals surface area (Å²) in [5.41, 5.74) is 1.72. The SMILES string of the molecule is Cc1ccnc(N2CCN(C)C(C)C2)c1C#N. The van der Waals surface area contributed by atoms with Crippen molar-refractivity contribution in [3.8, 4) is 6.07 Å². The van der Waals surface area contributed by atoms with Crippen molar-refractivity contribution >= 4 is 5.82 Å². The number of hydrogen-bond acceptors (Lipinski definition) is 4. The van der Waals surface area contributed by atoms with E-state index in [1.165, 1.54) is 0 Å². The number of rotatable bonds is 1. The molecule has 0 aliphatic carbocycles. The fraction of sp³-hybridized carbons (Fsp3) is 0.538. The molecule has 90 valence electrons. The summed E-state index contributed by atoms with van der Waals surface area (Å²) < 4.78 is 0. The van der Waals surface area contributed by atoms with Crippen molar-refractivity contribution in [1.82, 2.24) is 9.88 Å². The number of nitriles is 1. The van der Waals surface area contributed by atoms with Crippen molar-refractivity contribution in [2.75, 3.05) is 31.6 Å². The number of pyridine rings is 1. The molecule has 2 rings (SSSR count). The van der Waals surface area contributed by atoms with E-state index >= 15 is 0 Å². The molecule has 1 aromatic rings. The Morgan fingerprint density at radius 1 is 1.47 bits per heavy atom. The molecule has 1 aliphatic rings. The topological polar surface area (TPSA) is 43.2 Å². The number of aromatic nitrogens is 1. The number of nitrogens with zero attached hydrogens (tertiary/aromatic N) is 4. The van der Waals surface area contributed by atoms with E-state index in [1.807, 2.05) is 13.0 Å². The van der Waals surface area contributed by atoms with E-state index in [9.17, 15) is 5.26 Å². The van der Waals surface area contributed by atoms with Gasteiger partial charge in [0.25, 0.3) is 0 Å². The van der Waals surface area contributed by atoms with Crippen molar-refractivity contribution in [1.29, 1.82) is 5.26 Å². The molecule has 0 bridgehead atoms. The van der Waals surface area contributed by atoms with Gasteiger partial charge in [-0.3, -0.25) is 0 Å². The predicted molar refractivity (Wildman–Crippen MR) is 68.0 cm³/mol. The largest absolute Gasteiger partial charge is 0.353 e. The van der Waals surface area contributed by atoms with E-state index in [2.05, 4.69) is 34.8 Å². The Labute approximate surface area is 102 Å². The monoisotopic (exact) mass is 230 g/mol. The van der Waals surface area contributed by atoms with E-state index < -0.39 is 0 Å². The second-order valence-corrected chi connectivity index (χ2v) is 4.71. The van der Waals surface area contributed by atoms with Gasteiger partial charge in [0, 0.05) is 31.9 Å². The van der Waals surface area contributed by atoms with Crippen LogP contribution in [0.5, 0.6) is 0 Å². The molecule has 1 aromatic heterocycles. The van der Waals surface area contributed by atoms with Crippen LogP contribution in [0.3, 0.4) is 0 Å². The molecule has 1 aliphatic heterocycles. The molecule has 1 unspecified atom stereocenters. The summed E-state index contributed by atoms with van der Waals surface area (Å²) in [6, 6.07) is 4.66. The third kappa shape index (κ3) is 2.25. The first-order valence-corrected chi connectivity index (χ1v) is 5.94. The number of aryl methyl sites for hydroxylation is 1. The maximum Gasteiger partial charge on any atom is 0.146 e. The third-order valence-electron chi connectivity index (χ3n) is 3.51. The molecule has 0 aromatic carbocycles. The Balaban J connectivity index is 2.29. The van der Waals surface area contributed by atoms with E-state index in [-0.39, 0.29) is 0 Å². The van der Waals surface area contributed by atoms with Crippen LogP contribution in [0.2, 0.25) is 0 Å². The second kappa shape index (κ2) is 4.72. The van der Waals surface area contributed by atoms with Crippen LogP contribution in [0.4, 0.5) is 5.82 Å². The molecule has 0 saturated carbocycles. The van der Waals surface area contributed by atoms with Crippen molar-refractivity contribution in [3.05, 3.63) is 23.4 Å². The molecular weight excluding hydrogens is 212 g/mol. The Bertz CT molecular complexity index is 449. The highest BCUT2D eigenvalue weighted by molar-refractivity contribution is 5.57. The Hall–Kier alpha value is -1.60. The third-order valence-corrected chi connectivity index (χ3v) is 3.51. The molecule has 0 spiro atoms. The lowest BCUT2D eigenvalue weighted by molar-refractivity contribution is 0.233. The van der Waals surface area contributed by atoms with Crippen molar-refractivity contribution < 1.29 is 0 Å². The average molecular weight is 230 g/mol. The lowest BCUT2D eigenvalue weighted by Crippen LogP contribution is -2.50. The maximum atomic E-state index is 9.22. The van der Waals surface area contributed by atoms with Gasteiger partial charge >= 0.3 is 0 Å². The summed E-state index contributed by atoms with van der Waals surface area (Å²) in [4.78, 5) is 8.93. The Kier molecular flexibility index (Phi) is 3.30. The minimum atomic E-state index is 0.498. The normalized spacial score (nSPS) is 21.3. The number of anilines is 1. The molecule has 1 fully saturated rings. The lowest BCUT2D eigenvalue weighted by atomic mass is 10.1. The fourth-order valence-electron chi connectivity index (χ4n) is 2.16. The molecule has 0 amide bonds. The van der Waals surface area contributed by atoms with Gasteiger partial charge in [-0.2, -0.15) is 5.26 Å². The van der Waals surface area contributed by atoms with Gasteiger partial charge < -0.3 is 9.80 Å². The quantitative estimate of drug-likeness (QED) is 0.731. The van der Waals surface area contributed by atoms with Gasteiger partial charge in [0.15, 0.2) is 0 Å². The van der Waals surface area contributed by atoms with Crippen LogP contribution in [0, 0.1) is 18.3 Å². The summed E-state index contributed by atoms with van der Waals surface area (Å²) in [5.74, 6) is 0.840. The van der Waals surface area contributed by atoms with Crippen LogP contribution >= 0.6 is 0 Å². The molecule has 2 heterocycles. The van der Waals surface area contributed by atoms with Crippen LogP contribution in [-0.4, -0.2) is 42.6 Å². The first-order valence-electron chi connectivity index (χ1n) is 5.94. The standard InChI is InChI=1S/C13H18N4/c1-10-4-5-15-13(12(10)8-14)17-7-6-16(3)11(2)9-17/h4-5,11H,6-7,9H2,1-3H3. The van der Waals surface area contributed by atoms with E-state index in [4.69, 9.17) is 0 Å². The van der Waals surface area contributed by atoms with Gasteiger partial charge in [0.05, 0.1) is 5.56 Å². The first kappa shape index (κ1) is 11.9. The zero-order valence-corrected chi connectivity index (χ0v) is 10.6. The zero-order valence-electron chi connectivity index (χ0n) is 10.6. The highest BCUT2D eigenvalue weighted by atomic mass is 15.3. The van der Waals surface area contributed by atoms with Gasteiger partial charge in [-0.15, -0.1) is 0 Å². The molecule has 1 atom stereocenters. The summed E-state index contributed by atoms with van der Waals surface area (Å²) in [7, 11) is 2.14. The van der Waals surface area contributed by atoms with Gasteiger partial charge in [-0.25, -0.2) is 4.98 Å². The predicted octanol–water partition coefficient (Wildman–Crippen LogP) is 1.40. The minimum Gasteiger partial charge on any atom is -0.353 e. The van der Waals surface area contributed by atoms with Gasteiger partial charge in [0.1, 0.15) is 11.9 Å². The van der Waals surface area contributed by atoms with Crippen LogP contribution < -0.4 is 4.90 Å². The zero-order chi connectivity index (χ0) is 12.4. The summed E-state index contributed by atoms with van der Waals surface area (Å²) >= 11 is 0. The maximum absolute atomic E-state index is 9.22. The molecule has 17 heavy (non-hydrogen) atoms. The van der Waals surface area contributed by atoms with Gasteiger partial charge in [0.2, 0.25) is 0 Å². The first-order chi connectivity index (χ1) is 8.13. The highest BCUT2D eigenvalue weighted by Crippen LogP contribution is 2.22. The number of likely N-dealkylation sites (N-methyl/N-ethyl adjacent to an activating group) is 1. The summed E-state index contributed by atoms with van der Waals surface area (Å²) in [6.45, 7) is 7.05. The molecule has 1 saturated heterocycles. The van der Waals surface area contributed by atoms with Gasteiger partial charge in [-0.1, -0.05) is 0 Å². The summed E-state index contributed by atoms with van der Waals surface area (Å²) in [6.07, 6.45) is 1.79. The molecule has 0 radical (unpaired) electrons. The number of piperazine rings is 1. The fourth-order valence-corrected chi connectivity index (χ4v) is 2.16. The van der Waals surface area contributed by atoms with Crippen LogP contribution in [0.25, 0.3) is 0 Å². The lowest BCUT2D eigenvalue weighted by Gasteiger charge is -2.38. The second-order valence-electron chi connectivity index (χ2n) is 4.71. The van der Waals surface area contributed by atoms with Crippen LogP contribution in [-0.2, 0) is 0 Å². The van der Waals surface area contributed by atoms with E-state index in [0.29, 0.717) is 11.6 Å². The highest BCUT2D eigenvalue weighted by Gasteiger charge is 2.23. The Morgan fingerprint density at radius 2 is 2.24 bits per heavy atom. The average Bonchev–Trinajstić information content (AvgIpc) is 2.32. The van der Waals surface area contributed by atoms with Crippen molar-refractivity contribution in [3.63, 3.8) is 0 Å². The minimum absolute atomic E-state index is 0.498. The molecular formula is C13H18N4. The van der Waals surface area contributed by atoms with E-state index in [1.54, 1.807) is 6.20 Å². The molecule has 0 N–H and O–H groups in total. The Morgan fingerprint density at radius 3 is 2.88 bits per heavy atom. The van der Waals surface area contributed by atoms with Crippen molar-refractivity contribution in [2.24, 2.45) is 0 Å².